The van der Waals surface area contributed by atoms with E-state index in [2.05, 4.69) is 29.1 Å². The Hall–Kier alpha value is -0.120. The number of hydrogen-bond donors (Lipinski definition) is 1. The number of likely N-dealkylation sites (N-methyl/N-ethyl adjacent to an activating group) is 1. The van der Waals surface area contributed by atoms with Crippen molar-refractivity contribution in [2.45, 2.75) is 70.4 Å². The molecular formula is C19H37N3. The molecule has 3 heteroatoms. The molecule has 2 saturated heterocycles. The van der Waals surface area contributed by atoms with Crippen LogP contribution in [0, 0.1) is 11.8 Å². The molecule has 3 rings (SSSR count). The van der Waals surface area contributed by atoms with Crippen LogP contribution >= 0.6 is 0 Å². The SMILES string of the molecule is CC1CCN(CC2CCNCC2N(C)C2CCCCC2)CC1. The molecule has 3 nitrogen and oxygen atoms in total. The normalized spacial score (nSPS) is 33.4. The molecule has 0 bridgehead atoms. The van der Waals surface area contributed by atoms with Gasteiger partial charge in [0.2, 0.25) is 0 Å². The van der Waals surface area contributed by atoms with Gasteiger partial charge in [-0.1, -0.05) is 26.2 Å². The van der Waals surface area contributed by atoms with Gasteiger partial charge in [0.15, 0.2) is 0 Å². The van der Waals surface area contributed by atoms with Crippen molar-refractivity contribution in [3.8, 4) is 0 Å². The van der Waals surface area contributed by atoms with E-state index in [1.807, 2.05) is 0 Å². The van der Waals surface area contributed by atoms with Crippen molar-refractivity contribution >= 4 is 0 Å². The molecule has 1 aliphatic carbocycles. The molecular weight excluding hydrogens is 270 g/mol. The second kappa shape index (κ2) is 8.12. The summed E-state index contributed by atoms with van der Waals surface area (Å²) in [6.45, 7) is 8.87. The van der Waals surface area contributed by atoms with Crippen LogP contribution in [0.15, 0.2) is 0 Å². The Kier molecular flexibility index (Phi) is 6.17. The first kappa shape index (κ1) is 16.7. The number of nitrogens with zero attached hydrogens (tertiary/aromatic N) is 2. The van der Waals surface area contributed by atoms with Gasteiger partial charge in [-0.25, -0.2) is 0 Å². The largest absolute Gasteiger partial charge is 0.315 e. The van der Waals surface area contributed by atoms with Crippen molar-refractivity contribution in [3.63, 3.8) is 0 Å². The molecule has 1 N–H and O–H groups in total. The molecule has 3 aliphatic rings. The third-order valence-electron chi connectivity index (χ3n) is 6.63. The highest BCUT2D eigenvalue weighted by Crippen LogP contribution is 2.28. The molecule has 0 spiro atoms. The second-order valence-corrected chi connectivity index (χ2v) is 8.26. The van der Waals surface area contributed by atoms with Crippen LogP contribution in [0.3, 0.4) is 0 Å². The van der Waals surface area contributed by atoms with Crippen LogP contribution in [0.1, 0.15) is 58.3 Å². The summed E-state index contributed by atoms with van der Waals surface area (Å²) in [4.78, 5) is 5.53. The van der Waals surface area contributed by atoms with Gasteiger partial charge in [-0.3, -0.25) is 4.90 Å². The molecule has 0 aromatic heterocycles. The number of hydrogen-bond acceptors (Lipinski definition) is 3. The Bertz CT molecular complexity index is 319. The second-order valence-electron chi connectivity index (χ2n) is 8.26. The van der Waals surface area contributed by atoms with E-state index in [4.69, 9.17) is 0 Å². The molecule has 1 saturated carbocycles. The summed E-state index contributed by atoms with van der Waals surface area (Å²) >= 11 is 0. The summed E-state index contributed by atoms with van der Waals surface area (Å²) in [6.07, 6.45) is 11.4. The Morgan fingerprint density at radius 2 is 1.73 bits per heavy atom. The maximum absolute atomic E-state index is 3.67. The molecule has 2 atom stereocenters. The number of nitrogens with one attached hydrogen (secondary N) is 1. The van der Waals surface area contributed by atoms with E-state index in [1.54, 1.807) is 0 Å². The lowest BCUT2D eigenvalue weighted by atomic mass is 9.86. The summed E-state index contributed by atoms with van der Waals surface area (Å²) in [5.41, 5.74) is 0. The van der Waals surface area contributed by atoms with Gasteiger partial charge in [0.1, 0.15) is 0 Å². The number of rotatable bonds is 4. The molecule has 3 fully saturated rings. The topological polar surface area (TPSA) is 18.5 Å². The van der Waals surface area contributed by atoms with Crippen molar-refractivity contribution in [2.75, 3.05) is 39.8 Å². The van der Waals surface area contributed by atoms with Crippen LogP contribution in [-0.4, -0.2) is 61.7 Å². The van der Waals surface area contributed by atoms with Crippen LogP contribution in [0.5, 0.6) is 0 Å². The zero-order valence-corrected chi connectivity index (χ0v) is 14.9. The summed E-state index contributed by atoms with van der Waals surface area (Å²) in [5.74, 6) is 1.83. The molecule has 2 aliphatic heterocycles. The van der Waals surface area contributed by atoms with Crippen LogP contribution in [0.4, 0.5) is 0 Å². The van der Waals surface area contributed by atoms with Crippen molar-refractivity contribution < 1.29 is 0 Å². The molecule has 128 valence electrons. The van der Waals surface area contributed by atoms with Gasteiger partial charge in [0, 0.05) is 25.2 Å². The van der Waals surface area contributed by atoms with Crippen LogP contribution in [-0.2, 0) is 0 Å². The Balaban J connectivity index is 1.55. The summed E-state index contributed by atoms with van der Waals surface area (Å²) in [5, 5.41) is 3.67. The van der Waals surface area contributed by atoms with Crippen LogP contribution in [0.2, 0.25) is 0 Å². The molecule has 0 aromatic rings. The quantitative estimate of drug-likeness (QED) is 0.861. The molecule has 0 aromatic carbocycles. The molecule has 2 heterocycles. The van der Waals surface area contributed by atoms with E-state index in [0.717, 1.165) is 23.9 Å². The van der Waals surface area contributed by atoms with E-state index in [-0.39, 0.29) is 0 Å². The van der Waals surface area contributed by atoms with E-state index >= 15 is 0 Å². The summed E-state index contributed by atoms with van der Waals surface area (Å²) in [6, 6.07) is 1.61. The molecule has 0 radical (unpaired) electrons. The van der Waals surface area contributed by atoms with Gasteiger partial charge in [-0.2, -0.15) is 0 Å². The molecule has 0 amide bonds. The smallest absolute Gasteiger partial charge is 0.0261 e. The zero-order valence-electron chi connectivity index (χ0n) is 14.9. The zero-order chi connectivity index (χ0) is 15.4. The minimum atomic E-state index is 0.760. The van der Waals surface area contributed by atoms with E-state index in [0.29, 0.717) is 0 Å². The standard InChI is InChI=1S/C19H37N3/c1-16-9-12-22(13-10-16)15-17-8-11-20-14-19(17)21(2)18-6-4-3-5-7-18/h16-20H,3-15H2,1-2H3. The lowest BCUT2D eigenvalue weighted by molar-refractivity contribution is 0.0535. The van der Waals surface area contributed by atoms with E-state index < -0.39 is 0 Å². The van der Waals surface area contributed by atoms with Gasteiger partial charge in [0.05, 0.1) is 0 Å². The maximum atomic E-state index is 3.67. The van der Waals surface area contributed by atoms with Crippen molar-refractivity contribution in [2.24, 2.45) is 11.8 Å². The summed E-state index contributed by atoms with van der Waals surface area (Å²) in [7, 11) is 2.42. The van der Waals surface area contributed by atoms with Crippen molar-refractivity contribution in [3.05, 3.63) is 0 Å². The molecule has 2 unspecified atom stereocenters. The number of piperidine rings is 2. The maximum Gasteiger partial charge on any atom is 0.0261 e. The average Bonchev–Trinajstić information content (AvgIpc) is 2.58. The van der Waals surface area contributed by atoms with Crippen molar-refractivity contribution in [1.82, 2.24) is 15.1 Å². The fourth-order valence-electron chi connectivity index (χ4n) is 4.92. The molecule has 22 heavy (non-hydrogen) atoms. The van der Waals surface area contributed by atoms with Crippen molar-refractivity contribution in [1.29, 1.82) is 0 Å². The summed E-state index contributed by atoms with van der Waals surface area (Å²) < 4.78 is 0. The minimum absolute atomic E-state index is 0.760. The highest BCUT2D eigenvalue weighted by molar-refractivity contribution is 4.90. The lowest BCUT2D eigenvalue weighted by Crippen LogP contribution is -2.56. The number of likely N-dealkylation sites (tertiary alicyclic amines) is 1. The minimum Gasteiger partial charge on any atom is -0.315 e. The fourth-order valence-corrected chi connectivity index (χ4v) is 4.92. The predicted molar refractivity (Wildman–Crippen MR) is 94.2 cm³/mol. The fraction of sp³-hybridized carbons (Fsp3) is 1.00. The third kappa shape index (κ3) is 4.24. The lowest BCUT2D eigenvalue weighted by Gasteiger charge is -2.45. The van der Waals surface area contributed by atoms with E-state index in [9.17, 15) is 0 Å². The van der Waals surface area contributed by atoms with Gasteiger partial charge >= 0.3 is 0 Å². The highest BCUT2D eigenvalue weighted by atomic mass is 15.2. The Morgan fingerprint density at radius 1 is 1.00 bits per heavy atom. The Morgan fingerprint density at radius 3 is 2.45 bits per heavy atom. The third-order valence-corrected chi connectivity index (χ3v) is 6.63. The van der Waals surface area contributed by atoms with Gasteiger partial charge in [-0.05, 0) is 70.6 Å². The highest BCUT2D eigenvalue weighted by Gasteiger charge is 2.33. The average molecular weight is 308 g/mol. The van der Waals surface area contributed by atoms with Gasteiger partial charge in [-0.15, -0.1) is 0 Å². The van der Waals surface area contributed by atoms with Gasteiger partial charge < -0.3 is 10.2 Å². The first-order chi connectivity index (χ1) is 10.7. The van der Waals surface area contributed by atoms with E-state index in [1.165, 1.54) is 84.1 Å². The Labute approximate surface area is 137 Å². The van der Waals surface area contributed by atoms with Crippen LogP contribution in [0.25, 0.3) is 0 Å². The van der Waals surface area contributed by atoms with Gasteiger partial charge in [0.25, 0.3) is 0 Å². The predicted octanol–water partition coefficient (Wildman–Crippen LogP) is 2.96. The first-order valence-electron chi connectivity index (χ1n) is 9.89. The van der Waals surface area contributed by atoms with Crippen LogP contribution < -0.4 is 5.32 Å². The monoisotopic (exact) mass is 307 g/mol. The first-order valence-corrected chi connectivity index (χ1v) is 9.89.